The number of thiophene rings is 1. The highest BCUT2D eigenvalue weighted by Gasteiger charge is 2.23. The van der Waals surface area contributed by atoms with Gasteiger partial charge in [-0.3, -0.25) is 4.57 Å². The summed E-state index contributed by atoms with van der Waals surface area (Å²) in [6.07, 6.45) is 0. The fraction of sp³-hybridized carbons (Fsp3) is 0. The Bertz CT molecular complexity index is 3820. The number of rotatable bonds is 4. The Kier molecular flexibility index (Phi) is 6.50. The number of fused-ring (bicyclic) bond motifs is 13. The van der Waals surface area contributed by atoms with E-state index in [4.69, 9.17) is 23.8 Å². The molecule has 5 heterocycles. The number of furan rings is 2. The number of aromatic nitrogens is 4. The number of hydrogen-bond donors (Lipinski definition) is 0. The van der Waals surface area contributed by atoms with Gasteiger partial charge in [-0.1, -0.05) is 127 Å². The van der Waals surface area contributed by atoms with Gasteiger partial charge in [-0.15, -0.1) is 11.3 Å². The molecule has 0 bridgehead atoms. The smallest absolute Gasteiger partial charge is 0.238 e. The molecule has 0 unspecified atom stereocenters. The van der Waals surface area contributed by atoms with E-state index in [2.05, 4.69) is 132 Å². The number of benzene rings is 8. The predicted molar refractivity (Wildman–Crippen MR) is 238 cm³/mol. The second-order valence-electron chi connectivity index (χ2n) is 14.7. The van der Waals surface area contributed by atoms with E-state index >= 15 is 0 Å². The fourth-order valence-electron chi connectivity index (χ4n) is 8.94. The lowest BCUT2D eigenvalue weighted by molar-refractivity contribution is 0.669. The molecule has 0 aliphatic rings. The molecule has 5 aromatic heterocycles. The third kappa shape index (κ3) is 4.50. The lowest BCUT2D eigenvalue weighted by Gasteiger charge is -2.12. The molecule has 0 amide bonds. The number of nitrogens with zero attached hydrogens (tertiary/aromatic N) is 4. The molecule has 6 nitrogen and oxygen atoms in total. The van der Waals surface area contributed by atoms with E-state index in [-0.39, 0.29) is 0 Å². The predicted octanol–water partition coefficient (Wildman–Crippen LogP) is 14.1. The molecular formula is C51H28N4O2S. The normalized spacial score (nSPS) is 12.1. The molecular weight excluding hydrogens is 733 g/mol. The molecule has 0 saturated carbocycles. The third-order valence-electron chi connectivity index (χ3n) is 11.5. The van der Waals surface area contributed by atoms with Crippen LogP contribution in [0.2, 0.25) is 0 Å². The molecule has 0 spiro atoms. The van der Waals surface area contributed by atoms with Crippen LogP contribution in [-0.4, -0.2) is 19.5 Å². The van der Waals surface area contributed by atoms with Gasteiger partial charge >= 0.3 is 0 Å². The number of para-hydroxylation sites is 3. The average molecular weight is 761 g/mol. The van der Waals surface area contributed by atoms with Crippen molar-refractivity contribution in [3.63, 3.8) is 0 Å². The molecule has 7 heteroatoms. The Morgan fingerprint density at radius 1 is 0.414 bits per heavy atom. The molecule has 0 saturated heterocycles. The van der Waals surface area contributed by atoms with E-state index < -0.39 is 0 Å². The largest absolute Gasteiger partial charge is 0.456 e. The second kappa shape index (κ2) is 11.9. The van der Waals surface area contributed by atoms with Crippen molar-refractivity contribution in [2.24, 2.45) is 0 Å². The number of hydrogen-bond acceptors (Lipinski definition) is 6. The van der Waals surface area contributed by atoms with Gasteiger partial charge in [-0.25, -0.2) is 4.98 Å². The molecule has 58 heavy (non-hydrogen) atoms. The summed E-state index contributed by atoms with van der Waals surface area (Å²) in [7, 11) is 0. The molecule has 0 radical (unpaired) electrons. The first kappa shape index (κ1) is 31.6. The first-order valence-electron chi connectivity index (χ1n) is 19.3. The van der Waals surface area contributed by atoms with E-state index in [1.807, 2.05) is 42.5 Å². The highest BCUT2D eigenvalue weighted by molar-refractivity contribution is 7.26. The van der Waals surface area contributed by atoms with Gasteiger partial charge in [0.2, 0.25) is 5.95 Å². The van der Waals surface area contributed by atoms with Gasteiger partial charge in [0, 0.05) is 63.6 Å². The topological polar surface area (TPSA) is 69.9 Å². The second-order valence-corrected chi connectivity index (χ2v) is 15.8. The van der Waals surface area contributed by atoms with Gasteiger partial charge in [-0.05, 0) is 53.6 Å². The zero-order chi connectivity index (χ0) is 37.9. The van der Waals surface area contributed by atoms with E-state index in [1.165, 1.54) is 31.3 Å². The summed E-state index contributed by atoms with van der Waals surface area (Å²) in [6.45, 7) is 0. The molecule has 0 N–H and O–H groups in total. The zero-order valence-corrected chi connectivity index (χ0v) is 31.5. The van der Waals surface area contributed by atoms with Crippen LogP contribution in [0.4, 0.5) is 0 Å². The molecule has 0 aliphatic carbocycles. The van der Waals surface area contributed by atoms with Crippen molar-refractivity contribution in [1.29, 1.82) is 0 Å². The van der Waals surface area contributed by atoms with Gasteiger partial charge < -0.3 is 8.83 Å². The fourth-order valence-corrected chi connectivity index (χ4v) is 10.1. The first-order valence-corrected chi connectivity index (χ1v) is 20.1. The minimum Gasteiger partial charge on any atom is -0.456 e. The average Bonchev–Trinajstić information content (AvgIpc) is 4.05. The van der Waals surface area contributed by atoms with Crippen LogP contribution in [0.25, 0.3) is 126 Å². The van der Waals surface area contributed by atoms with Crippen molar-refractivity contribution in [2.75, 3.05) is 0 Å². The van der Waals surface area contributed by atoms with Crippen LogP contribution in [0.15, 0.2) is 179 Å². The highest BCUT2D eigenvalue weighted by atomic mass is 32.1. The molecule has 8 aromatic carbocycles. The maximum absolute atomic E-state index is 6.70. The molecule has 0 aliphatic heterocycles. The summed E-state index contributed by atoms with van der Waals surface area (Å²) >= 11 is 1.79. The summed E-state index contributed by atoms with van der Waals surface area (Å²) in [4.78, 5) is 16.0. The lowest BCUT2D eigenvalue weighted by atomic mass is 9.99. The monoisotopic (exact) mass is 760 g/mol. The Hall–Kier alpha value is -7.61. The molecule has 0 fully saturated rings. The van der Waals surface area contributed by atoms with Gasteiger partial charge in [0.1, 0.15) is 22.3 Å². The Morgan fingerprint density at radius 2 is 1.10 bits per heavy atom. The van der Waals surface area contributed by atoms with E-state index in [0.29, 0.717) is 17.6 Å². The Labute approximate surface area is 333 Å². The minimum atomic E-state index is 0.506. The van der Waals surface area contributed by atoms with E-state index in [9.17, 15) is 0 Å². The Morgan fingerprint density at radius 3 is 2.00 bits per heavy atom. The highest BCUT2D eigenvalue weighted by Crippen LogP contribution is 2.43. The van der Waals surface area contributed by atoms with Crippen LogP contribution in [0, 0.1) is 0 Å². The third-order valence-corrected chi connectivity index (χ3v) is 12.6. The van der Waals surface area contributed by atoms with Crippen LogP contribution >= 0.6 is 11.3 Å². The maximum atomic E-state index is 6.70. The summed E-state index contributed by atoms with van der Waals surface area (Å²) in [5, 5.41) is 8.72. The van der Waals surface area contributed by atoms with Crippen LogP contribution in [0.3, 0.4) is 0 Å². The summed E-state index contributed by atoms with van der Waals surface area (Å²) in [5.74, 6) is 1.64. The van der Waals surface area contributed by atoms with Crippen molar-refractivity contribution in [2.45, 2.75) is 0 Å². The van der Waals surface area contributed by atoms with Gasteiger partial charge in [0.25, 0.3) is 0 Å². The quantitative estimate of drug-likeness (QED) is 0.179. The van der Waals surface area contributed by atoms with Gasteiger partial charge in [0.15, 0.2) is 17.2 Å². The van der Waals surface area contributed by atoms with Crippen LogP contribution < -0.4 is 0 Å². The summed E-state index contributed by atoms with van der Waals surface area (Å²) in [6, 6.07) is 59.0. The van der Waals surface area contributed by atoms with Crippen LogP contribution in [0.1, 0.15) is 0 Å². The molecule has 13 rings (SSSR count). The van der Waals surface area contributed by atoms with Crippen molar-refractivity contribution in [3.8, 4) is 39.9 Å². The zero-order valence-electron chi connectivity index (χ0n) is 30.7. The molecule has 270 valence electrons. The van der Waals surface area contributed by atoms with Crippen molar-refractivity contribution < 1.29 is 8.83 Å². The van der Waals surface area contributed by atoms with E-state index in [0.717, 1.165) is 76.8 Å². The minimum absolute atomic E-state index is 0.506. The van der Waals surface area contributed by atoms with Crippen molar-refractivity contribution in [1.82, 2.24) is 19.5 Å². The first-order chi connectivity index (χ1) is 28.7. The van der Waals surface area contributed by atoms with Crippen LogP contribution in [-0.2, 0) is 0 Å². The molecule has 0 atom stereocenters. The van der Waals surface area contributed by atoms with Crippen molar-refractivity contribution >= 4 is 97.2 Å². The standard InChI is InChI=1S/C51H28N4O2S/c1-2-12-29(13-3-1)31-17-11-23-43-46(31)37-25-24-30(28-44(37)58-43)49-52-50(38-18-10-22-42-45(38)36-16-6-9-21-41(36)56-42)54-51(53-49)55-39-19-7-4-14-32(39)34-26-27-35-33-15-5-8-20-40(33)57-48(35)47(34)55/h1-28H. The van der Waals surface area contributed by atoms with E-state index in [1.54, 1.807) is 11.3 Å². The SMILES string of the molecule is c1ccc(-c2cccc3sc4cc(-c5nc(-c6cccc7oc8ccccc8c67)nc(-n6c7ccccc7c7ccc8c9ccccc9oc8c76)n5)ccc4c23)cc1. The lowest BCUT2D eigenvalue weighted by Crippen LogP contribution is -2.06. The van der Waals surface area contributed by atoms with Crippen LogP contribution in [0.5, 0.6) is 0 Å². The van der Waals surface area contributed by atoms with Gasteiger partial charge in [-0.2, -0.15) is 9.97 Å². The van der Waals surface area contributed by atoms with Gasteiger partial charge in [0.05, 0.1) is 5.52 Å². The summed E-state index contributed by atoms with van der Waals surface area (Å²) in [5.41, 5.74) is 9.34. The molecule has 13 aromatic rings. The summed E-state index contributed by atoms with van der Waals surface area (Å²) < 4.78 is 17.6. The maximum Gasteiger partial charge on any atom is 0.238 e. The Balaban J connectivity index is 1.12. The van der Waals surface area contributed by atoms with Crippen molar-refractivity contribution in [3.05, 3.63) is 170 Å².